The molecule has 70 valence electrons. The summed E-state index contributed by atoms with van der Waals surface area (Å²) in [6.45, 7) is 2.49. The van der Waals surface area contributed by atoms with Gasteiger partial charge >= 0.3 is 0 Å². The number of alkyl halides is 2. The number of allylic oxidation sites excluding steroid dienone is 1. The van der Waals surface area contributed by atoms with E-state index in [1.165, 1.54) is 0 Å². The molecule has 0 unspecified atom stereocenters. The molecule has 0 aliphatic carbocycles. The Balaban J connectivity index is 2.99. The molecule has 0 atom stereocenters. The van der Waals surface area contributed by atoms with Gasteiger partial charge in [-0.1, -0.05) is 24.3 Å². The van der Waals surface area contributed by atoms with Crippen LogP contribution >= 0.6 is 0 Å². The largest absolute Gasteiger partial charge is 0.246 e. The number of rotatable bonds is 4. The zero-order chi connectivity index (χ0) is 9.68. The van der Waals surface area contributed by atoms with E-state index in [0.717, 1.165) is 5.56 Å². The first-order valence-electron chi connectivity index (χ1n) is 4.14. The van der Waals surface area contributed by atoms with Gasteiger partial charge in [0.1, 0.15) is 13.3 Å². The Bertz CT molecular complexity index is 270. The molecule has 0 saturated heterocycles. The summed E-state index contributed by atoms with van der Waals surface area (Å²) in [7, 11) is 0. The lowest BCUT2D eigenvalue weighted by Crippen LogP contribution is -1.89. The third-order valence-corrected chi connectivity index (χ3v) is 1.80. The summed E-state index contributed by atoms with van der Waals surface area (Å²) in [6.07, 6.45) is 2.38. The van der Waals surface area contributed by atoms with Gasteiger partial charge in [-0.2, -0.15) is 0 Å². The van der Waals surface area contributed by atoms with Crippen molar-refractivity contribution in [2.45, 2.75) is 19.8 Å². The van der Waals surface area contributed by atoms with Crippen LogP contribution in [0.15, 0.2) is 30.9 Å². The molecule has 0 saturated carbocycles. The Kier molecular flexibility index (Phi) is 3.62. The molecular weight excluding hydrogens is 170 g/mol. The second-order valence-electron chi connectivity index (χ2n) is 2.92. The van der Waals surface area contributed by atoms with Crippen molar-refractivity contribution in [3.63, 3.8) is 0 Å². The first kappa shape index (κ1) is 9.90. The molecule has 13 heavy (non-hydrogen) atoms. The van der Waals surface area contributed by atoms with Gasteiger partial charge in [-0.05, 0) is 23.1 Å². The van der Waals surface area contributed by atoms with E-state index in [2.05, 4.69) is 6.58 Å². The highest BCUT2D eigenvalue weighted by molar-refractivity contribution is 5.30. The van der Waals surface area contributed by atoms with Crippen molar-refractivity contribution < 1.29 is 8.78 Å². The van der Waals surface area contributed by atoms with Gasteiger partial charge < -0.3 is 0 Å². The van der Waals surface area contributed by atoms with E-state index < -0.39 is 13.3 Å². The smallest absolute Gasteiger partial charge is 0.115 e. The van der Waals surface area contributed by atoms with E-state index in [9.17, 15) is 8.78 Å². The molecule has 0 amide bonds. The van der Waals surface area contributed by atoms with Crippen LogP contribution in [0, 0.1) is 0 Å². The first-order chi connectivity index (χ1) is 6.30. The highest BCUT2D eigenvalue weighted by Crippen LogP contribution is 2.13. The van der Waals surface area contributed by atoms with Crippen molar-refractivity contribution in [2.24, 2.45) is 0 Å². The molecule has 1 rings (SSSR count). The van der Waals surface area contributed by atoms with Crippen LogP contribution in [0.5, 0.6) is 0 Å². The van der Waals surface area contributed by atoms with Gasteiger partial charge in [0.25, 0.3) is 0 Å². The zero-order valence-corrected chi connectivity index (χ0v) is 7.39. The van der Waals surface area contributed by atoms with Gasteiger partial charge in [-0.25, -0.2) is 8.78 Å². The topological polar surface area (TPSA) is 0 Å². The third kappa shape index (κ3) is 2.65. The van der Waals surface area contributed by atoms with Crippen molar-refractivity contribution in [3.05, 3.63) is 47.5 Å². The SMILES string of the molecule is C=CCc1cc(CF)cc(CF)c1. The van der Waals surface area contributed by atoms with E-state index in [0.29, 0.717) is 17.5 Å². The maximum atomic E-state index is 12.3. The van der Waals surface area contributed by atoms with Gasteiger partial charge in [0, 0.05) is 0 Å². The van der Waals surface area contributed by atoms with Crippen molar-refractivity contribution in [2.75, 3.05) is 0 Å². The summed E-state index contributed by atoms with van der Waals surface area (Å²) in [4.78, 5) is 0. The molecule has 0 aliphatic rings. The summed E-state index contributed by atoms with van der Waals surface area (Å²) < 4.78 is 24.6. The molecule has 0 heterocycles. The van der Waals surface area contributed by atoms with Crippen LogP contribution in [0.2, 0.25) is 0 Å². The van der Waals surface area contributed by atoms with Crippen LogP contribution in [-0.4, -0.2) is 0 Å². The molecule has 1 aromatic rings. The Morgan fingerprint density at radius 2 is 1.46 bits per heavy atom. The van der Waals surface area contributed by atoms with Gasteiger partial charge in [0.05, 0.1) is 0 Å². The Labute approximate surface area is 76.9 Å². The lowest BCUT2D eigenvalue weighted by Gasteiger charge is -2.03. The minimum atomic E-state index is -0.544. The molecule has 1 aromatic carbocycles. The highest BCUT2D eigenvalue weighted by Gasteiger charge is 1.99. The number of benzene rings is 1. The average Bonchev–Trinajstić information content (AvgIpc) is 2.17. The molecule has 0 fully saturated rings. The molecule has 0 aliphatic heterocycles. The fourth-order valence-electron chi connectivity index (χ4n) is 1.28. The van der Waals surface area contributed by atoms with Crippen LogP contribution in [0.25, 0.3) is 0 Å². The maximum Gasteiger partial charge on any atom is 0.115 e. The van der Waals surface area contributed by atoms with Gasteiger partial charge in [0.15, 0.2) is 0 Å². The molecule has 2 heteroatoms. The predicted molar refractivity (Wildman–Crippen MR) is 50.0 cm³/mol. The monoisotopic (exact) mass is 182 g/mol. The molecule has 0 aromatic heterocycles. The standard InChI is InChI=1S/C11H12F2/c1-2-3-9-4-10(7-12)6-11(5-9)8-13/h2,4-6H,1,3,7-8H2. The van der Waals surface area contributed by atoms with Crippen molar-refractivity contribution in [1.29, 1.82) is 0 Å². The van der Waals surface area contributed by atoms with Crippen molar-refractivity contribution in [3.8, 4) is 0 Å². The van der Waals surface area contributed by atoms with E-state index in [-0.39, 0.29) is 0 Å². The van der Waals surface area contributed by atoms with E-state index in [4.69, 9.17) is 0 Å². The summed E-state index contributed by atoms with van der Waals surface area (Å²) in [5.41, 5.74) is 1.98. The second kappa shape index (κ2) is 4.75. The molecule has 0 N–H and O–H groups in total. The van der Waals surface area contributed by atoms with E-state index in [1.807, 2.05) is 0 Å². The molecule has 0 spiro atoms. The quantitative estimate of drug-likeness (QED) is 0.626. The van der Waals surface area contributed by atoms with Crippen molar-refractivity contribution >= 4 is 0 Å². The van der Waals surface area contributed by atoms with E-state index in [1.54, 1.807) is 24.3 Å². The summed E-state index contributed by atoms with van der Waals surface area (Å²) in [6, 6.07) is 5.02. The highest BCUT2D eigenvalue weighted by atomic mass is 19.1. The average molecular weight is 182 g/mol. The minimum Gasteiger partial charge on any atom is -0.246 e. The van der Waals surface area contributed by atoms with E-state index >= 15 is 0 Å². The summed E-state index contributed by atoms with van der Waals surface area (Å²) >= 11 is 0. The fourth-order valence-corrected chi connectivity index (χ4v) is 1.28. The third-order valence-electron chi connectivity index (χ3n) is 1.80. The van der Waals surface area contributed by atoms with Crippen LogP contribution in [-0.2, 0) is 19.8 Å². The summed E-state index contributed by atoms with van der Waals surface area (Å²) in [5, 5.41) is 0. The van der Waals surface area contributed by atoms with Crippen LogP contribution in [0.3, 0.4) is 0 Å². The maximum absolute atomic E-state index is 12.3. The number of hydrogen-bond donors (Lipinski definition) is 0. The van der Waals surface area contributed by atoms with Crippen LogP contribution in [0.4, 0.5) is 8.78 Å². The lowest BCUT2D eigenvalue weighted by atomic mass is 10.0. The molecular formula is C11H12F2. The number of hydrogen-bond acceptors (Lipinski definition) is 0. The van der Waals surface area contributed by atoms with Gasteiger partial charge in [-0.3, -0.25) is 0 Å². The second-order valence-corrected chi connectivity index (χ2v) is 2.92. The predicted octanol–water partition coefficient (Wildman–Crippen LogP) is 3.35. The fraction of sp³-hybridized carbons (Fsp3) is 0.273. The zero-order valence-electron chi connectivity index (χ0n) is 7.39. The number of halogens is 2. The first-order valence-corrected chi connectivity index (χ1v) is 4.14. The normalized spacial score (nSPS) is 10.0. The Morgan fingerprint density at radius 3 is 1.85 bits per heavy atom. The Hall–Kier alpha value is -1.18. The lowest BCUT2D eigenvalue weighted by molar-refractivity contribution is 0.474. The summed E-state index contributed by atoms with van der Waals surface area (Å²) in [5.74, 6) is 0. The Morgan fingerprint density at radius 1 is 1.00 bits per heavy atom. The molecule has 0 radical (unpaired) electrons. The van der Waals surface area contributed by atoms with Crippen LogP contribution in [0.1, 0.15) is 16.7 Å². The minimum absolute atomic E-state index is 0.534. The van der Waals surface area contributed by atoms with Gasteiger partial charge in [-0.15, -0.1) is 6.58 Å². The molecule has 0 bridgehead atoms. The van der Waals surface area contributed by atoms with Crippen molar-refractivity contribution in [1.82, 2.24) is 0 Å². The molecule has 0 nitrogen and oxygen atoms in total. The van der Waals surface area contributed by atoms with Crippen LogP contribution < -0.4 is 0 Å². The van der Waals surface area contributed by atoms with Gasteiger partial charge in [0.2, 0.25) is 0 Å².